The number of piperidine rings is 1. The number of halogens is 2. The van der Waals surface area contributed by atoms with E-state index in [-0.39, 0.29) is 0 Å². The zero-order valence-electron chi connectivity index (χ0n) is 9.99. The predicted octanol–water partition coefficient (Wildman–Crippen LogP) is 3.31. The molecule has 0 saturated carbocycles. The fourth-order valence-electron chi connectivity index (χ4n) is 2.44. The van der Waals surface area contributed by atoms with Crippen molar-refractivity contribution < 1.29 is 0 Å². The van der Waals surface area contributed by atoms with Gasteiger partial charge in [0.05, 0.1) is 10.2 Å². The Kier molecular flexibility index (Phi) is 4.77. The van der Waals surface area contributed by atoms with Crippen molar-refractivity contribution in [1.29, 1.82) is 0 Å². The molecule has 0 bridgehead atoms. The second-order valence-electron chi connectivity index (χ2n) is 4.46. The molecule has 94 valence electrons. The molecule has 1 atom stereocenters. The maximum atomic E-state index is 5.85. The number of rotatable bonds is 3. The van der Waals surface area contributed by atoms with Gasteiger partial charge in [-0.2, -0.15) is 5.10 Å². The lowest BCUT2D eigenvalue weighted by Gasteiger charge is -2.34. The van der Waals surface area contributed by atoms with Crippen LogP contribution in [0.5, 0.6) is 0 Å². The number of likely N-dealkylation sites (N-methyl/N-ethyl adjacent to an activating group) is 1. The van der Waals surface area contributed by atoms with Gasteiger partial charge in [-0.05, 0) is 47.9 Å². The summed E-state index contributed by atoms with van der Waals surface area (Å²) in [5.74, 6) is 0. The number of nitrogens with zero attached hydrogens (tertiary/aromatic N) is 3. The first kappa shape index (κ1) is 13.2. The van der Waals surface area contributed by atoms with E-state index in [4.69, 9.17) is 11.6 Å². The molecule has 1 unspecified atom stereocenters. The van der Waals surface area contributed by atoms with E-state index in [9.17, 15) is 0 Å². The molecule has 1 aliphatic heterocycles. The summed E-state index contributed by atoms with van der Waals surface area (Å²) in [6.45, 7) is 4.55. The summed E-state index contributed by atoms with van der Waals surface area (Å²) in [7, 11) is 0. The van der Waals surface area contributed by atoms with Crippen LogP contribution in [-0.4, -0.2) is 34.2 Å². The third kappa shape index (κ3) is 3.39. The molecule has 5 heteroatoms. The summed E-state index contributed by atoms with van der Waals surface area (Å²) in [5.41, 5.74) is 1.02. The van der Waals surface area contributed by atoms with E-state index >= 15 is 0 Å². The topological polar surface area (TPSA) is 29.0 Å². The Bertz CT molecular complexity index is 386. The van der Waals surface area contributed by atoms with E-state index in [1.54, 1.807) is 0 Å². The summed E-state index contributed by atoms with van der Waals surface area (Å²) in [4.78, 5) is 2.54. The zero-order valence-corrected chi connectivity index (χ0v) is 12.3. The molecule has 1 aromatic heterocycles. The number of hydrogen-bond donors (Lipinski definition) is 0. The molecule has 1 saturated heterocycles. The van der Waals surface area contributed by atoms with E-state index in [0.717, 1.165) is 23.1 Å². The van der Waals surface area contributed by atoms with Crippen molar-refractivity contribution in [2.24, 2.45) is 0 Å². The van der Waals surface area contributed by atoms with Crippen molar-refractivity contribution in [3.63, 3.8) is 0 Å². The number of hydrogen-bond acceptors (Lipinski definition) is 3. The quantitative estimate of drug-likeness (QED) is 0.856. The molecule has 3 nitrogen and oxygen atoms in total. The first-order valence-corrected chi connectivity index (χ1v) is 7.29. The first-order chi connectivity index (χ1) is 8.20. The predicted molar refractivity (Wildman–Crippen MR) is 73.3 cm³/mol. The SMILES string of the molecule is CCN1CCCCC1Cc1cc(Br)c(Cl)nn1. The molecule has 1 fully saturated rings. The minimum absolute atomic E-state index is 0.435. The van der Waals surface area contributed by atoms with Gasteiger partial charge in [0.2, 0.25) is 0 Å². The van der Waals surface area contributed by atoms with Crippen LogP contribution in [0, 0.1) is 0 Å². The summed E-state index contributed by atoms with van der Waals surface area (Å²) >= 11 is 9.24. The van der Waals surface area contributed by atoms with E-state index < -0.39 is 0 Å². The van der Waals surface area contributed by atoms with E-state index in [1.165, 1.54) is 25.8 Å². The smallest absolute Gasteiger partial charge is 0.165 e. The van der Waals surface area contributed by atoms with E-state index in [2.05, 4.69) is 38.0 Å². The average Bonchev–Trinajstić information content (AvgIpc) is 2.34. The van der Waals surface area contributed by atoms with Gasteiger partial charge in [-0.1, -0.05) is 24.9 Å². The summed E-state index contributed by atoms with van der Waals surface area (Å²) in [6, 6.07) is 2.59. The van der Waals surface area contributed by atoms with Crippen molar-refractivity contribution in [3.8, 4) is 0 Å². The molecular weight excluding hydrogens is 302 g/mol. The van der Waals surface area contributed by atoms with Crippen LogP contribution in [-0.2, 0) is 6.42 Å². The molecule has 2 rings (SSSR count). The highest BCUT2D eigenvalue weighted by molar-refractivity contribution is 9.10. The first-order valence-electron chi connectivity index (χ1n) is 6.12. The molecule has 0 spiro atoms. The van der Waals surface area contributed by atoms with Gasteiger partial charge in [0.15, 0.2) is 5.15 Å². The molecule has 1 aliphatic rings. The van der Waals surface area contributed by atoms with Crippen LogP contribution in [0.15, 0.2) is 10.5 Å². The highest BCUT2D eigenvalue weighted by Gasteiger charge is 2.21. The molecule has 0 aromatic carbocycles. The summed E-state index contributed by atoms with van der Waals surface area (Å²) < 4.78 is 0.836. The normalized spacial score (nSPS) is 21.7. The van der Waals surface area contributed by atoms with Crippen LogP contribution >= 0.6 is 27.5 Å². The van der Waals surface area contributed by atoms with Crippen LogP contribution in [0.3, 0.4) is 0 Å². The fourth-order valence-corrected chi connectivity index (χ4v) is 2.88. The molecule has 0 N–H and O–H groups in total. The Balaban J connectivity index is 2.05. The van der Waals surface area contributed by atoms with Gasteiger partial charge in [-0.3, -0.25) is 0 Å². The van der Waals surface area contributed by atoms with Crippen LogP contribution < -0.4 is 0 Å². The Hall–Kier alpha value is -0.190. The van der Waals surface area contributed by atoms with Gasteiger partial charge < -0.3 is 4.90 Å². The summed E-state index contributed by atoms with van der Waals surface area (Å²) in [5, 5.41) is 8.54. The van der Waals surface area contributed by atoms with Crippen LogP contribution in [0.25, 0.3) is 0 Å². The Morgan fingerprint density at radius 3 is 3.00 bits per heavy atom. The Morgan fingerprint density at radius 1 is 1.47 bits per heavy atom. The van der Waals surface area contributed by atoms with Crippen LogP contribution in [0.4, 0.5) is 0 Å². The van der Waals surface area contributed by atoms with Crippen LogP contribution in [0.1, 0.15) is 31.9 Å². The van der Waals surface area contributed by atoms with Gasteiger partial charge in [0, 0.05) is 12.5 Å². The molecule has 17 heavy (non-hydrogen) atoms. The van der Waals surface area contributed by atoms with E-state index in [1.807, 2.05) is 6.07 Å². The Morgan fingerprint density at radius 2 is 2.29 bits per heavy atom. The van der Waals surface area contributed by atoms with Gasteiger partial charge in [0.1, 0.15) is 0 Å². The van der Waals surface area contributed by atoms with E-state index in [0.29, 0.717) is 11.2 Å². The lowest BCUT2D eigenvalue weighted by Crippen LogP contribution is -2.40. The van der Waals surface area contributed by atoms with Gasteiger partial charge in [-0.15, -0.1) is 5.10 Å². The van der Waals surface area contributed by atoms with Gasteiger partial charge >= 0.3 is 0 Å². The standard InChI is InChI=1S/C12H17BrClN3/c1-2-17-6-4-3-5-10(17)7-9-8-11(13)12(14)16-15-9/h8,10H,2-7H2,1H3. The summed E-state index contributed by atoms with van der Waals surface area (Å²) in [6.07, 6.45) is 4.87. The highest BCUT2D eigenvalue weighted by Crippen LogP contribution is 2.23. The van der Waals surface area contributed by atoms with Crippen molar-refractivity contribution >= 4 is 27.5 Å². The van der Waals surface area contributed by atoms with Gasteiger partial charge in [0.25, 0.3) is 0 Å². The lowest BCUT2D eigenvalue weighted by molar-refractivity contribution is 0.154. The van der Waals surface area contributed by atoms with Crippen LogP contribution in [0.2, 0.25) is 5.15 Å². The monoisotopic (exact) mass is 317 g/mol. The molecular formula is C12H17BrClN3. The molecule has 0 amide bonds. The largest absolute Gasteiger partial charge is 0.300 e. The van der Waals surface area contributed by atoms with Gasteiger partial charge in [-0.25, -0.2) is 0 Å². The maximum absolute atomic E-state index is 5.85. The van der Waals surface area contributed by atoms with Crippen molar-refractivity contribution in [1.82, 2.24) is 15.1 Å². The average molecular weight is 319 g/mol. The molecule has 2 heterocycles. The third-order valence-electron chi connectivity index (χ3n) is 3.36. The second kappa shape index (κ2) is 6.12. The zero-order chi connectivity index (χ0) is 12.3. The Labute approximate surface area is 116 Å². The minimum Gasteiger partial charge on any atom is -0.300 e. The highest BCUT2D eigenvalue weighted by atomic mass is 79.9. The second-order valence-corrected chi connectivity index (χ2v) is 5.67. The van der Waals surface area contributed by atoms with Crippen molar-refractivity contribution in [3.05, 3.63) is 21.4 Å². The third-order valence-corrected chi connectivity index (χ3v) is 4.47. The molecule has 1 aromatic rings. The number of likely N-dealkylation sites (tertiary alicyclic amines) is 1. The molecule has 0 radical (unpaired) electrons. The van der Waals surface area contributed by atoms with Crippen molar-refractivity contribution in [2.75, 3.05) is 13.1 Å². The fraction of sp³-hybridized carbons (Fsp3) is 0.667. The van der Waals surface area contributed by atoms with Crippen molar-refractivity contribution in [2.45, 2.75) is 38.6 Å². The minimum atomic E-state index is 0.435. The molecule has 0 aliphatic carbocycles. The lowest BCUT2D eigenvalue weighted by atomic mass is 9.98. The maximum Gasteiger partial charge on any atom is 0.165 e. The number of aromatic nitrogens is 2.